The molecule has 0 saturated heterocycles. The Balaban J connectivity index is 2.14. The molecule has 0 aliphatic carbocycles. The molecule has 0 saturated carbocycles. The first kappa shape index (κ1) is 17.8. The molecule has 0 spiro atoms. The zero-order valence-electron chi connectivity index (χ0n) is 14.9. The number of aryl methyl sites for hydroxylation is 3. The number of amides is 1. The van der Waals surface area contributed by atoms with E-state index in [-0.39, 0.29) is 11.9 Å². The van der Waals surface area contributed by atoms with Crippen LogP contribution >= 0.6 is 11.8 Å². The standard InChI is InChI=1S/C19H26N2OS/c1-11(2)15(6)20-17(22)10-23-18-9-13(4)16-8-12(3)7-14(5)19(16)21-18/h7-9,11,15H,10H2,1-6H3,(H,20,22). The fourth-order valence-electron chi connectivity index (χ4n) is 2.49. The predicted molar refractivity (Wildman–Crippen MR) is 99.1 cm³/mol. The van der Waals surface area contributed by atoms with Crippen LogP contribution in [-0.4, -0.2) is 22.7 Å². The van der Waals surface area contributed by atoms with Crippen molar-refractivity contribution in [1.29, 1.82) is 0 Å². The summed E-state index contributed by atoms with van der Waals surface area (Å²) in [7, 11) is 0. The number of hydrogen-bond donors (Lipinski definition) is 1. The number of nitrogens with one attached hydrogen (secondary N) is 1. The maximum absolute atomic E-state index is 12.0. The third kappa shape index (κ3) is 4.47. The molecular weight excluding hydrogens is 304 g/mol. The number of thioether (sulfide) groups is 1. The van der Waals surface area contributed by atoms with Crippen molar-refractivity contribution in [2.75, 3.05) is 5.75 Å². The van der Waals surface area contributed by atoms with Gasteiger partial charge in [-0.2, -0.15) is 0 Å². The summed E-state index contributed by atoms with van der Waals surface area (Å²) in [5.41, 5.74) is 4.68. The summed E-state index contributed by atoms with van der Waals surface area (Å²) in [6, 6.07) is 6.60. The van der Waals surface area contributed by atoms with Gasteiger partial charge in [-0.15, -0.1) is 0 Å². The largest absolute Gasteiger partial charge is 0.353 e. The molecule has 23 heavy (non-hydrogen) atoms. The van der Waals surface area contributed by atoms with E-state index in [0.29, 0.717) is 11.7 Å². The van der Waals surface area contributed by atoms with Gasteiger partial charge in [-0.1, -0.05) is 37.2 Å². The van der Waals surface area contributed by atoms with Crippen LogP contribution in [0.3, 0.4) is 0 Å². The molecule has 1 aromatic carbocycles. The predicted octanol–water partition coefficient (Wildman–Crippen LogP) is 4.41. The Labute approximate surface area is 143 Å². The van der Waals surface area contributed by atoms with Gasteiger partial charge in [0.2, 0.25) is 5.91 Å². The van der Waals surface area contributed by atoms with Gasteiger partial charge in [-0.3, -0.25) is 4.79 Å². The summed E-state index contributed by atoms with van der Waals surface area (Å²) >= 11 is 1.50. The second kappa shape index (κ2) is 7.35. The Hall–Kier alpha value is -1.55. The molecule has 1 N–H and O–H groups in total. The second-order valence-corrected chi connectivity index (χ2v) is 7.64. The molecule has 1 amide bonds. The quantitative estimate of drug-likeness (QED) is 0.826. The van der Waals surface area contributed by atoms with Gasteiger partial charge >= 0.3 is 0 Å². The summed E-state index contributed by atoms with van der Waals surface area (Å²) in [6.07, 6.45) is 0. The smallest absolute Gasteiger partial charge is 0.230 e. The fourth-order valence-corrected chi connectivity index (χ4v) is 3.27. The van der Waals surface area contributed by atoms with Crippen molar-refractivity contribution in [3.63, 3.8) is 0 Å². The van der Waals surface area contributed by atoms with Gasteiger partial charge in [-0.05, 0) is 56.9 Å². The lowest BCUT2D eigenvalue weighted by atomic mass is 10.0. The lowest BCUT2D eigenvalue weighted by Crippen LogP contribution is -2.37. The third-order valence-electron chi connectivity index (χ3n) is 4.17. The molecule has 0 fully saturated rings. The van der Waals surface area contributed by atoms with Gasteiger partial charge in [-0.25, -0.2) is 4.98 Å². The van der Waals surface area contributed by atoms with E-state index >= 15 is 0 Å². The van der Waals surface area contributed by atoms with E-state index in [2.05, 4.69) is 58.1 Å². The summed E-state index contributed by atoms with van der Waals surface area (Å²) in [4.78, 5) is 16.8. The van der Waals surface area contributed by atoms with Gasteiger partial charge < -0.3 is 5.32 Å². The van der Waals surface area contributed by atoms with E-state index in [4.69, 9.17) is 4.98 Å². The van der Waals surface area contributed by atoms with E-state index < -0.39 is 0 Å². The maximum Gasteiger partial charge on any atom is 0.230 e. The minimum absolute atomic E-state index is 0.0661. The van der Waals surface area contributed by atoms with Crippen molar-refractivity contribution in [1.82, 2.24) is 10.3 Å². The number of aromatic nitrogens is 1. The summed E-state index contributed by atoms with van der Waals surface area (Å²) in [6.45, 7) is 12.6. The third-order valence-corrected chi connectivity index (χ3v) is 5.08. The zero-order valence-corrected chi connectivity index (χ0v) is 15.7. The summed E-state index contributed by atoms with van der Waals surface area (Å²) in [5.74, 6) is 0.909. The Morgan fingerprint density at radius 2 is 1.83 bits per heavy atom. The molecule has 3 nitrogen and oxygen atoms in total. The van der Waals surface area contributed by atoms with Gasteiger partial charge in [0.15, 0.2) is 0 Å². The van der Waals surface area contributed by atoms with E-state index in [1.54, 1.807) is 0 Å². The first-order chi connectivity index (χ1) is 10.8. The summed E-state index contributed by atoms with van der Waals surface area (Å²) < 4.78 is 0. The number of rotatable bonds is 5. The van der Waals surface area contributed by atoms with Crippen LogP contribution in [0, 0.1) is 26.7 Å². The number of fused-ring (bicyclic) bond motifs is 1. The highest BCUT2D eigenvalue weighted by molar-refractivity contribution is 7.99. The van der Waals surface area contributed by atoms with E-state index in [0.717, 1.165) is 10.5 Å². The van der Waals surface area contributed by atoms with Crippen LogP contribution in [0.5, 0.6) is 0 Å². The average molecular weight is 330 g/mol. The fraction of sp³-hybridized carbons (Fsp3) is 0.474. The maximum atomic E-state index is 12.0. The Kier molecular flexibility index (Phi) is 5.69. The molecule has 1 atom stereocenters. The van der Waals surface area contributed by atoms with Crippen LogP contribution in [0.2, 0.25) is 0 Å². The Morgan fingerprint density at radius 1 is 1.13 bits per heavy atom. The van der Waals surface area contributed by atoms with Crippen molar-refractivity contribution in [2.45, 2.75) is 52.6 Å². The number of carbonyl (C=O) groups excluding carboxylic acids is 1. The normalized spacial score (nSPS) is 12.7. The molecule has 2 aromatic rings. The number of carbonyl (C=O) groups is 1. The molecule has 0 bridgehead atoms. The van der Waals surface area contributed by atoms with Crippen molar-refractivity contribution in [3.8, 4) is 0 Å². The Morgan fingerprint density at radius 3 is 2.48 bits per heavy atom. The molecule has 1 unspecified atom stereocenters. The van der Waals surface area contributed by atoms with Crippen LogP contribution in [0.4, 0.5) is 0 Å². The van der Waals surface area contributed by atoms with Crippen LogP contribution in [-0.2, 0) is 4.79 Å². The number of nitrogens with zero attached hydrogens (tertiary/aromatic N) is 1. The van der Waals surface area contributed by atoms with Gasteiger partial charge in [0.25, 0.3) is 0 Å². The van der Waals surface area contributed by atoms with Gasteiger partial charge in [0.1, 0.15) is 0 Å². The minimum atomic E-state index is 0.0661. The molecular formula is C19H26N2OS. The van der Waals surface area contributed by atoms with Gasteiger partial charge in [0, 0.05) is 11.4 Å². The average Bonchev–Trinajstić information content (AvgIpc) is 2.46. The van der Waals surface area contributed by atoms with Gasteiger partial charge in [0.05, 0.1) is 16.3 Å². The molecule has 0 aliphatic heterocycles. The van der Waals surface area contributed by atoms with E-state index in [1.165, 1.54) is 33.8 Å². The molecule has 2 rings (SSSR count). The Bertz CT molecular complexity index is 725. The molecule has 0 radical (unpaired) electrons. The number of benzene rings is 1. The lowest BCUT2D eigenvalue weighted by molar-refractivity contribution is -0.119. The second-order valence-electron chi connectivity index (χ2n) is 6.64. The highest BCUT2D eigenvalue weighted by atomic mass is 32.2. The van der Waals surface area contributed by atoms with Crippen LogP contribution in [0.15, 0.2) is 23.2 Å². The first-order valence-corrected chi connectivity index (χ1v) is 9.07. The first-order valence-electron chi connectivity index (χ1n) is 8.08. The topological polar surface area (TPSA) is 42.0 Å². The van der Waals surface area contributed by atoms with Crippen molar-refractivity contribution in [2.24, 2.45) is 5.92 Å². The zero-order chi connectivity index (χ0) is 17.1. The number of pyridine rings is 1. The van der Waals surface area contributed by atoms with Crippen LogP contribution in [0.1, 0.15) is 37.5 Å². The highest BCUT2D eigenvalue weighted by Gasteiger charge is 2.12. The van der Waals surface area contributed by atoms with Crippen molar-refractivity contribution in [3.05, 3.63) is 34.9 Å². The van der Waals surface area contributed by atoms with Crippen LogP contribution < -0.4 is 5.32 Å². The number of hydrogen-bond acceptors (Lipinski definition) is 3. The molecule has 0 aliphatic rings. The van der Waals surface area contributed by atoms with Crippen molar-refractivity contribution >= 4 is 28.6 Å². The molecule has 1 heterocycles. The lowest BCUT2D eigenvalue weighted by Gasteiger charge is -2.17. The highest BCUT2D eigenvalue weighted by Crippen LogP contribution is 2.26. The van der Waals surface area contributed by atoms with Crippen LogP contribution in [0.25, 0.3) is 10.9 Å². The van der Waals surface area contributed by atoms with E-state index in [1.807, 2.05) is 6.92 Å². The molecule has 1 aromatic heterocycles. The van der Waals surface area contributed by atoms with E-state index in [9.17, 15) is 4.79 Å². The van der Waals surface area contributed by atoms with Crippen molar-refractivity contribution < 1.29 is 4.79 Å². The monoisotopic (exact) mass is 330 g/mol. The SMILES string of the molecule is Cc1cc(C)c2nc(SCC(=O)NC(C)C(C)C)cc(C)c2c1. The molecule has 124 valence electrons. The molecule has 4 heteroatoms. The minimum Gasteiger partial charge on any atom is -0.353 e. The summed E-state index contributed by atoms with van der Waals surface area (Å²) in [5, 5.41) is 5.14.